The summed E-state index contributed by atoms with van der Waals surface area (Å²) in [5, 5.41) is 11.2. The minimum atomic E-state index is -0.536. The van der Waals surface area contributed by atoms with E-state index in [4.69, 9.17) is 27.6 Å². The maximum absolute atomic E-state index is 10.9. The van der Waals surface area contributed by atoms with Crippen molar-refractivity contribution in [2.24, 2.45) is 0 Å². The topological polar surface area (TPSA) is 69.2 Å². The van der Waals surface area contributed by atoms with Gasteiger partial charge in [0.25, 0.3) is 5.69 Å². The van der Waals surface area contributed by atoms with E-state index in [0.29, 0.717) is 5.69 Å². The number of hydrogen-bond donors (Lipinski definition) is 0. The number of rotatable bonds is 3. The summed E-state index contributed by atoms with van der Waals surface area (Å²) < 4.78 is 5.13. The van der Waals surface area contributed by atoms with Crippen LogP contribution in [0.3, 0.4) is 0 Å². The van der Waals surface area contributed by atoms with E-state index in [-0.39, 0.29) is 28.0 Å². The van der Waals surface area contributed by atoms with Crippen LogP contribution in [0.15, 0.2) is 28.9 Å². The summed E-state index contributed by atoms with van der Waals surface area (Å²) in [5.41, 5.74) is 0.641. The third-order valence-corrected chi connectivity index (χ3v) is 2.58. The van der Waals surface area contributed by atoms with Gasteiger partial charge >= 0.3 is 0 Å². The monoisotopic (exact) mass is 272 g/mol. The van der Waals surface area contributed by atoms with Crippen molar-refractivity contribution >= 4 is 28.9 Å². The van der Waals surface area contributed by atoms with Gasteiger partial charge in [-0.25, -0.2) is 4.98 Å². The highest BCUT2D eigenvalue weighted by atomic mass is 35.5. The van der Waals surface area contributed by atoms with E-state index in [1.807, 2.05) is 0 Å². The zero-order chi connectivity index (χ0) is 12.4. The highest BCUT2D eigenvalue weighted by molar-refractivity contribution is 6.30. The third kappa shape index (κ3) is 2.40. The first kappa shape index (κ1) is 11.9. The molecular weight excluding hydrogens is 267 g/mol. The van der Waals surface area contributed by atoms with Gasteiger partial charge < -0.3 is 4.42 Å². The first-order chi connectivity index (χ1) is 8.11. The number of oxazole rings is 1. The average Bonchev–Trinajstić information content (AvgIpc) is 2.77. The predicted octanol–water partition coefficient (Wildman–Crippen LogP) is 3.64. The van der Waals surface area contributed by atoms with Gasteiger partial charge in [0.05, 0.1) is 16.5 Å². The van der Waals surface area contributed by atoms with Crippen LogP contribution in [-0.4, -0.2) is 9.91 Å². The van der Waals surface area contributed by atoms with Crippen LogP contribution in [0, 0.1) is 10.1 Å². The Morgan fingerprint density at radius 1 is 1.47 bits per heavy atom. The summed E-state index contributed by atoms with van der Waals surface area (Å²) >= 11 is 11.3. The fourth-order valence-corrected chi connectivity index (χ4v) is 1.62. The van der Waals surface area contributed by atoms with Crippen molar-refractivity contribution in [1.29, 1.82) is 0 Å². The second kappa shape index (κ2) is 4.73. The van der Waals surface area contributed by atoms with Gasteiger partial charge in [-0.05, 0) is 12.1 Å². The van der Waals surface area contributed by atoms with Crippen LogP contribution in [0.4, 0.5) is 5.69 Å². The molecule has 5 nitrogen and oxygen atoms in total. The lowest BCUT2D eigenvalue weighted by Crippen LogP contribution is -1.92. The first-order valence-electron chi connectivity index (χ1n) is 4.56. The smallest absolute Gasteiger partial charge is 0.283 e. The summed E-state index contributed by atoms with van der Waals surface area (Å²) in [6.07, 6.45) is 1.36. The lowest BCUT2D eigenvalue weighted by molar-refractivity contribution is -0.384. The van der Waals surface area contributed by atoms with Gasteiger partial charge in [-0.2, -0.15) is 0 Å². The van der Waals surface area contributed by atoms with E-state index in [1.54, 1.807) is 0 Å². The van der Waals surface area contributed by atoms with Crippen LogP contribution < -0.4 is 0 Å². The van der Waals surface area contributed by atoms with E-state index in [0.717, 1.165) is 0 Å². The Bertz CT molecular complexity index is 568. The average molecular weight is 273 g/mol. The Labute approximate surface area is 106 Å². The van der Waals surface area contributed by atoms with Crippen molar-refractivity contribution in [3.05, 3.63) is 45.3 Å². The zero-order valence-electron chi connectivity index (χ0n) is 8.39. The maximum Gasteiger partial charge on any atom is 0.283 e. The summed E-state index contributed by atoms with van der Waals surface area (Å²) in [5.74, 6) is 0.342. The molecule has 88 valence electrons. The molecule has 0 unspecified atom stereocenters. The molecule has 0 atom stereocenters. The molecule has 0 N–H and O–H groups in total. The predicted molar refractivity (Wildman–Crippen MR) is 63.2 cm³/mol. The van der Waals surface area contributed by atoms with Gasteiger partial charge in [0, 0.05) is 11.1 Å². The quantitative estimate of drug-likeness (QED) is 0.486. The molecule has 0 amide bonds. The van der Waals surface area contributed by atoms with Crippen molar-refractivity contribution in [2.75, 3.05) is 0 Å². The van der Waals surface area contributed by atoms with E-state index in [9.17, 15) is 10.1 Å². The van der Waals surface area contributed by atoms with Crippen LogP contribution in [0.25, 0.3) is 11.5 Å². The molecule has 7 heteroatoms. The van der Waals surface area contributed by atoms with Gasteiger partial charge in [-0.1, -0.05) is 11.6 Å². The maximum atomic E-state index is 10.9. The number of halogens is 2. The Kier molecular flexibility index (Phi) is 3.31. The van der Waals surface area contributed by atoms with Crippen LogP contribution in [0.1, 0.15) is 5.69 Å². The lowest BCUT2D eigenvalue weighted by atomic mass is 10.2. The third-order valence-electron chi connectivity index (χ3n) is 2.08. The summed E-state index contributed by atoms with van der Waals surface area (Å²) in [4.78, 5) is 14.4. The number of nitrogens with zero attached hydrogens (tertiary/aromatic N) is 2. The molecule has 1 aromatic heterocycles. The normalized spacial score (nSPS) is 10.5. The van der Waals surface area contributed by atoms with E-state index >= 15 is 0 Å². The molecule has 0 bridgehead atoms. The van der Waals surface area contributed by atoms with Crippen molar-refractivity contribution in [3.8, 4) is 11.5 Å². The van der Waals surface area contributed by atoms with E-state index in [2.05, 4.69) is 4.98 Å². The summed E-state index contributed by atoms with van der Waals surface area (Å²) in [6.45, 7) is 0. The molecule has 0 fully saturated rings. The Hall–Kier alpha value is -1.59. The van der Waals surface area contributed by atoms with Crippen LogP contribution >= 0.6 is 23.2 Å². The number of nitro groups is 1. The molecule has 0 aliphatic rings. The SMILES string of the molecule is O=[N+]([O-])c1cc(Cl)ccc1-c1nc(CCl)co1. The fraction of sp³-hybridized carbons (Fsp3) is 0.100. The molecule has 0 aliphatic heterocycles. The molecule has 1 heterocycles. The molecule has 0 radical (unpaired) electrons. The van der Waals surface area contributed by atoms with Crippen LogP contribution in [0.5, 0.6) is 0 Å². The molecule has 1 aromatic carbocycles. The second-order valence-corrected chi connectivity index (χ2v) is 3.90. The number of nitro benzene ring substituents is 1. The summed E-state index contributed by atoms with van der Waals surface area (Å²) in [6, 6.07) is 4.28. The highest BCUT2D eigenvalue weighted by Gasteiger charge is 2.19. The number of alkyl halides is 1. The fourth-order valence-electron chi connectivity index (χ4n) is 1.33. The molecule has 0 saturated carbocycles. The van der Waals surface area contributed by atoms with Crippen LogP contribution in [0.2, 0.25) is 5.02 Å². The molecule has 2 rings (SSSR count). The lowest BCUT2D eigenvalue weighted by Gasteiger charge is -1.98. The highest BCUT2D eigenvalue weighted by Crippen LogP contribution is 2.31. The standard InChI is InChI=1S/C10H6Cl2N2O3/c11-4-7-5-17-10(13-7)8-2-1-6(12)3-9(8)14(15)16/h1-3,5H,4H2. The molecule has 0 aliphatic carbocycles. The number of hydrogen-bond acceptors (Lipinski definition) is 4. The van der Waals surface area contributed by atoms with Crippen molar-refractivity contribution < 1.29 is 9.34 Å². The number of aromatic nitrogens is 1. The van der Waals surface area contributed by atoms with Gasteiger partial charge in [-0.15, -0.1) is 11.6 Å². The number of benzene rings is 1. The van der Waals surface area contributed by atoms with Crippen molar-refractivity contribution in [1.82, 2.24) is 4.98 Å². The van der Waals surface area contributed by atoms with Crippen molar-refractivity contribution in [3.63, 3.8) is 0 Å². The Morgan fingerprint density at radius 2 is 2.24 bits per heavy atom. The van der Waals surface area contributed by atoms with Gasteiger partial charge in [0.1, 0.15) is 11.8 Å². The second-order valence-electron chi connectivity index (χ2n) is 3.20. The minimum absolute atomic E-state index is 0.152. The van der Waals surface area contributed by atoms with Crippen molar-refractivity contribution in [2.45, 2.75) is 5.88 Å². The first-order valence-corrected chi connectivity index (χ1v) is 5.47. The largest absolute Gasteiger partial charge is 0.444 e. The Balaban J connectivity index is 2.54. The van der Waals surface area contributed by atoms with E-state index < -0.39 is 4.92 Å². The molecule has 0 saturated heterocycles. The van der Waals surface area contributed by atoms with Gasteiger partial charge in [-0.3, -0.25) is 10.1 Å². The van der Waals surface area contributed by atoms with Gasteiger partial charge in [0.15, 0.2) is 0 Å². The molecule has 2 aromatic rings. The molecule has 0 spiro atoms. The summed E-state index contributed by atoms with van der Waals surface area (Å²) in [7, 11) is 0. The van der Waals surface area contributed by atoms with Gasteiger partial charge in [0.2, 0.25) is 5.89 Å². The molecular formula is C10H6Cl2N2O3. The van der Waals surface area contributed by atoms with Crippen LogP contribution in [-0.2, 0) is 5.88 Å². The minimum Gasteiger partial charge on any atom is -0.444 e. The zero-order valence-corrected chi connectivity index (χ0v) is 9.90. The van der Waals surface area contributed by atoms with E-state index in [1.165, 1.54) is 24.5 Å². The Morgan fingerprint density at radius 3 is 2.82 bits per heavy atom. The molecule has 17 heavy (non-hydrogen) atoms.